The Bertz CT molecular complexity index is 3140. The maximum Gasteiger partial charge on any atom is 0.164 e. The molecule has 9 aromatic rings. The van der Waals surface area contributed by atoms with Gasteiger partial charge in [-0.1, -0.05) is 101 Å². The van der Waals surface area contributed by atoms with Gasteiger partial charge in [0.2, 0.25) is 0 Å². The van der Waals surface area contributed by atoms with Crippen LogP contribution in [0.1, 0.15) is 51.3 Å². The van der Waals surface area contributed by atoms with Crippen molar-refractivity contribution in [3.63, 3.8) is 0 Å². The standard InChI is InChI=1S/C52H43N7O/c1-51(2,3)33-25-26-54-47(27-33)59-43-18-9-7-15-37(43)38-22-21-36(29-46(38)59)60-35-14-12-13-34(28-35)57-32-58(45-20-11-10-19-44(45)57)49-40(50-55-30-53-31-56-50)23-24-42-48(49)39-16-6-8-17-41(39)52(42,4)5/h6-31H,32H2,1-5H3. The summed E-state index contributed by atoms with van der Waals surface area (Å²) in [5, 5.41) is 2.33. The zero-order valence-electron chi connectivity index (χ0n) is 34.3. The van der Waals surface area contributed by atoms with Crippen molar-refractivity contribution in [2.45, 2.75) is 45.4 Å². The summed E-state index contributed by atoms with van der Waals surface area (Å²) in [7, 11) is 0. The molecule has 11 rings (SSSR count). The molecule has 4 heterocycles. The van der Waals surface area contributed by atoms with E-state index < -0.39 is 0 Å². The van der Waals surface area contributed by atoms with Gasteiger partial charge in [-0.3, -0.25) is 4.57 Å². The van der Waals surface area contributed by atoms with Gasteiger partial charge in [-0.25, -0.2) is 19.9 Å². The minimum Gasteiger partial charge on any atom is -0.457 e. The topological polar surface area (TPSA) is 72.2 Å². The molecule has 292 valence electrons. The molecule has 0 unspecified atom stereocenters. The fraction of sp³-hybridized carbons (Fsp3) is 0.154. The van der Waals surface area contributed by atoms with Gasteiger partial charge in [-0.15, -0.1) is 0 Å². The van der Waals surface area contributed by atoms with E-state index in [4.69, 9.17) is 9.72 Å². The second kappa shape index (κ2) is 13.4. The van der Waals surface area contributed by atoms with E-state index in [9.17, 15) is 0 Å². The molecule has 8 nitrogen and oxygen atoms in total. The average Bonchev–Trinajstić information content (AvgIpc) is 3.89. The molecule has 0 spiro atoms. The summed E-state index contributed by atoms with van der Waals surface area (Å²) in [6.07, 6.45) is 5.07. The quantitative estimate of drug-likeness (QED) is 0.166. The Balaban J connectivity index is 0.994. The molecular weight excluding hydrogens is 739 g/mol. The highest BCUT2D eigenvalue weighted by Gasteiger charge is 2.41. The predicted octanol–water partition coefficient (Wildman–Crippen LogP) is 12.7. The van der Waals surface area contributed by atoms with Crippen molar-refractivity contribution in [3.05, 3.63) is 175 Å². The SMILES string of the molecule is CC(C)(C)c1ccnc(-n2c3ccccc3c3ccc(Oc4cccc(N5CN(c6c(-c7ncncn7)ccc7c6-c6ccccc6C7(C)C)c6ccccc65)c4)cc32)c1. The van der Waals surface area contributed by atoms with E-state index in [0.717, 1.165) is 62.0 Å². The Labute approximate surface area is 349 Å². The molecule has 6 aromatic carbocycles. The Morgan fingerprint density at radius 2 is 1.33 bits per heavy atom. The number of anilines is 4. The second-order valence-corrected chi connectivity index (χ2v) is 17.3. The summed E-state index contributed by atoms with van der Waals surface area (Å²) in [6, 6.07) is 49.5. The van der Waals surface area contributed by atoms with E-state index >= 15 is 0 Å². The van der Waals surface area contributed by atoms with Gasteiger partial charge in [-0.2, -0.15) is 0 Å². The molecule has 0 bridgehead atoms. The number of aromatic nitrogens is 5. The Kier molecular flexibility index (Phi) is 7.97. The Hall–Kier alpha value is -7.32. The third-order valence-corrected chi connectivity index (χ3v) is 12.3. The molecule has 8 heteroatoms. The van der Waals surface area contributed by atoms with Crippen LogP contribution in [-0.4, -0.2) is 31.2 Å². The van der Waals surface area contributed by atoms with Gasteiger partial charge in [-0.05, 0) is 88.3 Å². The van der Waals surface area contributed by atoms with Gasteiger partial charge in [0.25, 0.3) is 0 Å². The number of rotatable bonds is 6. The Morgan fingerprint density at radius 1 is 0.600 bits per heavy atom. The van der Waals surface area contributed by atoms with Crippen LogP contribution >= 0.6 is 0 Å². The van der Waals surface area contributed by atoms with Gasteiger partial charge < -0.3 is 14.5 Å². The first-order valence-electron chi connectivity index (χ1n) is 20.5. The van der Waals surface area contributed by atoms with Crippen LogP contribution in [0.15, 0.2) is 158 Å². The predicted molar refractivity (Wildman–Crippen MR) is 242 cm³/mol. The van der Waals surface area contributed by atoms with Gasteiger partial charge >= 0.3 is 0 Å². The highest BCUT2D eigenvalue weighted by Crippen LogP contribution is 2.57. The summed E-state index contributed by atoms with van der Waals surface area (Å²) in [6.45, 7) is 11.9. The average molecular weight is 782 g/mol. The number of hydrogen-bond donors (Lipinski definition) is 0. The van der Waals surface area contributed by atoms with Gasteiger partial charge in [0, 0.05) is 51.3 Å². The van der Waals surface area contributed by atoms with E-state index in [1.165, 1.54) is 33.2 Å². The van der Waals surface area contributed by atoms with Crippen LogP contribution in [0.5, 0.6) is 11.5 Å². The second-order valence-electron chi connectivity index (χ2n) is 17.3. The van der Waals surface area contributed by atoms with Gasteiger partial charge in [0.15, 0.2) is 5.82 Å². The summed E-state index contributed by atoms with van der Waals surface area (Å²) in [5.41, 5.74) is 13.6. The van der Waals surface area contributed by atoms with Crippen molar-refractivity contribution in [2.24, 2.45) is 0 Å². The third-order valence-electron chi connectivity index (χ3n) is 12.3. The lowest BCUT2D eigenvalue weighted by Gasteiger charge is -2.28. The van der Waals surface area contributed by atoms with Crippen LogP contribution in [0.25, 0.3) is 50.1 Å². The van der Waals surface area contributed by atoms with Gasteiger partial charge in [0.05, 0.1) is 28.1 Å². The normalized spacial score (nSPS) is 14.1. The molecule has 1 aliphatic carbocycles. The summed E-state index contributed by atoms with van der Waals surface area (Å²) >= 11 is 0. The number of ether oxygens (including phenoxy) is 1. The van der Waals surface area contributed by atoms with Crippen molar-refractivity contribution < 1.29 is 4.74 Å². The van der Waals surface area contributed by atoms with Crippen molar-refractivity contribution in [3.8, 4) is 39.8 Å². The number of para-hydroxylation sites is 3. The number of fused-ring (bicyclic) bond motifs is 7. The smallest absolute Gasteiger partial charge is 0.164 e. The first kappa shape index (κ1) is 35.8. The lowest BCUT2D eigenvalue weighted by molar-refractivity contribution is 0.483. The summed E-state index contributed by atoms with van der Waals surface area (Å²) < 4.78 is 9.01. The largest absolute Gasteiger partial charge is 0.457 e. The third kappa shape index (κ3) is 5.58. The minimum absolute atomic E-state index is 0.0115. The number of hydrogen-bond acceptors (Lipinski definition) is 7. The molecule has 3 aromatic heterocycles. The minimum atomic E-state index is -0.173. The number of pyridine rings is 1. The molecular formula is C52H43N7O. The first-order valence-corrected chi connectivity index (χ1v) is 20.5. The van der Waals surface area contributed by atoms with E-state index in [1.807, 2.05) is 12.3 Å². The van der Waals surface area contributed by atoms with Crippen molar-refractivity contribution in [2.75, 3.05) is 16.5 Å². The molecule has 0 amide bonds. The maximum absolute atomic E-state index is 6.75. The fourth-order valence-electron chi connectivity index (χ4n) is 9.36. The molecule has 1 aliphatic heterocycles. The monoisotopic (exact) mass is 781 g/mol. The van der Waals surface area contributed by atoms with Crippen molar-refractivity contribution in [1.29, 1.82) is 0 Å². The van der Waals surface area contributed by atoms with Crippen molar-refractivity contribution in [1.82, 2.24) is 24.5 Å². The van der Waals surface area contributed by atoms with Crippen LogP contribution < -0.4 is 14.5 Å². The lowest BCUT2D eigenvalue weighted by Crippen LogP contribution is -2.25. The van der Waals surface area contributed by atoms with E-state index in [2.05, 4.69) is 197 Å². The molecule has 0 radical (unpaired) electrons. The number of nitrogens with zero attached hydrogens (tertiary/aromatic N) is 7. The molecule has 0 saturated carbocycles. The first-order chi connectivity index (χ1) is 29.1. The zero-order valence-corrected chi connectivity index (χ0v) is 34.3. The van der Waals surface area contributed by atoms with E-state index in [1.54, 1.807) is 12.7 Å². The maximum atomic E-state index is 6.75. The molecule has 0 atom stereocenters. The van der Waals surface area contributed by atoms with Gasteiger partial charge in [0.1, 0.15) is 36.6 Å². The van der Waals surface area contributed by atoms with Crippen LogP contribution in [0.3, 0.4) is 0 Å². The van der Waals surface area contributed by atoms with Crippen LogP contribution in [0, 0.1) is 0 Å². The van der Waals surface area contributed by atoms with Crippen LogP contribution in [0.4, 0.5) is 22.7 Å². The highest BCUT2D eigenvalue weighted by molar-refractivity contribution is 6.09. The summed E-state index contributed by atoms with van der Waals surface area (Å²) in [5.74, 6) is 3.03. The molecule has 60 heavy (non-hydrogen) atoms. The highest BCUT2D eigenvalue weighted by atomic mass is 16.5. The van der Waals surface area contributed by atoms with E-state index in [-0.39, 0.29) is 10.8 Å². The van der Waals surface area contributed by atoms with Crippen molar-refractivity contribution >= 4 is 44.6 Å². The zero-order chi connectivity index (χ0) is 40.8. The fourth-order valence-corrected chi connectivity index (χ4v) is 9.36. The van der Waals surface area contributed by atoms with E-state index in [0.29, 0.717) is 12.5 Å². The number of benzene rings is 6. The molecule has 0 saturated heterocycles. The van der Waals surface area contributed by atoms with Crippen LogP contribution in [-0.2, 0) is 10.8 Å². The van der Waals surface area contributed by atoms with Crippen LogP contribution in [0.2, 0.25) is 0 Å². The lowest BCUT2D eigenvalue weighted by atomic mass is 9.82. The Morgan fingerprint density at radius 3 is 2.17 bits per heavy atom. The summed E-state index contributed by atoms with van der Waals surface area (Å²) in [4.78, 5) is 23.1. The molecule has 2 aliphatic rings. The molecule has 0 fully saturated rings. The molecule has 0 N–H and O–H groups in total.